The topological polar surface area (TPSA) is 84.6 Å². The zero-order valence-electron chi connectivity index (χ0n) is 13.6. The molecule has 1 amide bonds. The molecule has 3 rings (SSSR count). The molecule has 0 aliphatic rings. The maximum atomic E-state index is 12.1. The summed E-state index contributed by atoms with van der Waals surface area (Å²) < 4.78 is 0.527. The van der Waals surface area contributed by atoms with E-state index in [9.17, 15) is 14.9 Å². The molecular formula is C19H14BrN3O3. The Balaban J connectivity index is 1.67. The van der Waals surface area contributed by atoms with Crippen LogP contribution in [0.15, 0.2) is 70.2 Å². The lowest BCUT2D eigenvalue weighted by Crippen LogP contribution is -2.19. The van der Waals surface area contributed by atoms with Crippen molar-refractivity contribution in [2.75, 3.05) is 0 Å². The molecule has 0 aliphatic carbocycles. The molecule has 0 radical (unpaired) electrons. The highest BCUT2D eigenvalue weighted by atomic mass is 79.9. The summed E-state index contributed by atoms with van der Waals surface area (Å²) in [5.41, 5.74) is 4.01. The second kappa shape index (κ2) is 7.88. The molecule has 0 saturated carbocycles. The SMILES string of the molecule is O=C(Cc1cccc2ccccc12)N/N=C\c1ccc([N+](=O)[O-])cc1Br. The number of nitrogens with one attached hydrogen (secondary N) is 1. The third-order valence-electron chi connectivity index (χ3n) is 3.82. The predicted octanol–water partition coefficient (Wildman–Crippen LogP) is 4.20. The second-order valence-corrected chi connectivity index (χ2v) is 6.43. The molecule has 0 aliphatic heterocycles. The van der Waals surface area contributed by atoms with Crippen molar-refractivity contribution in [2.45, 2.75) is 6.42 Å². The normalized spacial score (nSPS) is 11.0. The van der Waals surface area contributed by atoms with E-state index >= 15 is 0 Å². The Morgan fingerprint density at radius 1 is 1.15 bits per heavy atom. The van der Waals surface area contributed by atoms with Gasteiger partial charge in [-0.15, -0.1) is 0 Å². The molecule has 3 aromatic carbocycles. The smallest absolute Gasteiger partial charge is 0.270 e. The number of hydrogen-bond donors (Lipinski definition) is 1. The first kappa shape index (κ1) is 17.8. The van der Waals surface area contributed by atoms with Gasteiger partial charge in [0.2, 0.25) is 5.91 Å². The quantitative estimate of drug-likeness (QED) is 0.387. The Morgan fingerprint density at radius 3 is 2.69 bits per heavy atom. The van der Waals surface area contributed by atoms with Crippen molar-refractivity contribution in [3.63, 3.8) is 0 Å². The van der Waals surface area contributed by atoms with E-state index in [0.29, 0.717) is 10.0 Å². The van der Waals surface area contributed by atoms with Gasteiger partial charge in [0.1, 0.15) is 0 Å². The van der Waals surface area contributed by atoms with E-state index in [-0.39, 0.29) is 18.0 Å². The largest absolute Gasteiger partial charge is 0.273 e. The molecule has 6 nitrogen and oxygen atoms in total. The number of hydrogen-bond acceptors (Lipinski definition) is 4. The lowest BCUT2D eigenvalue weighted by atomic mass is 10.0. The van der Waals surface area contributed by atoms with Gasteiger partial charge in [0.05, 0.1) is 17.6 Å². The molecular weight excluding hydrogens is 398 g/mol. The molecule has 0 saturated heterocycles. The van der Waals surface area contributed by atoms with Crippen molar-refractivity contribution in [1.29, 1.82) is 0 Å². The van der Waals surface area contributed by atoms with Gasteiger partial charge < -0.3 is 0 Å². The number of rotatable bonds is 5. The fourth-order valence-corrected chi connectivity index (χ4v) is 3.04. The second-order valence-electron chi connectivity index (χ2n) is 5.57. The summed E-state index contributed by atoms with van der Waals surface area (Å²) >= 11 is 3.26. The lowest BCUT2D eigenvalue weighted by molar-refractivity contribution is -0.384. The summed E-state index contributed by atoms with van der Waals surface area (Å²) in [6.45, 7) is 0. The van der Waals surface area contributed by atoms with Gasteiger partial charge in [-0.25, -0.2) is 5.43 Å². The molecule has 7 heteroatoms. The summed E-state index contributed by atoms with van der Waals surface area (Å²) in [5.74, 6) is -0.240. The van der Waals surface area contributed by atoms with Crippen LogP contribution in [0.1, 0.15) is 11.1 Å². The van der Waals surface area contributed by atoms with E-state index in [2.05, 4.69) is 26.5 Å². The first-order chi connectivity index (χ1) is 12.5. The number of benzene rings is 3. The van der Waals surface area contributed by atoms with Gasteiger partial charge in [-0.1, -0.05) is 42.5 Å². The van der Waals surface area contributed by atoms with Gasteiger partial charge in [0, 0.05) is 22.2 Å². The van der Waals surface area contributed by atoms with Gasteiger partial charge in [-0.3, -0.25) is 14.9 Å². The van der Waals surface area contributed by atoms with Crippen LogP contribution in [0, 0.1) is 10.1 Å². The molecule has 0 bridgehead atoms. The molecule has 0 aromatic heterocycles. The predicted molar refractivity (Wildman–Crippen MR) is 104 cm³/mol. The van der Waals surface area contributed by atoms with Crippen molar-refractivity contribution in [1.82, 2.24) is 5.43 Å². The molecule has 0 atom stereocenters. The number of amides is 1. The van der Waals surface area contributed by atoms with E-state index in [1.165, 1.54) is 18.3 Å². The summed E-state index contributed by atoms with van der Waals surface area (Å²) in [6, 6.07) is 18.0. The van der Waals surface area contributed by atoms with Crippen molar-refractivity contribution < 1.29 is 9.72 Å². The number of non-ortho nitro benzene ring substituents is 1. The van der Waals surface area contributed by atoms with Crippen LogP contribution in [0.5, 0.6) is 0 Å². The molecule has 1 N–H and O–H groups in total. The zero-order chi connectivity index (χ0) is 18.5. The minimum absolute atomic E-state index is 0.0194. The first-order valence-electron chi connectivity index (χ1n) is 7.77. The average molecular weight is 412 g/mol. The van der Waals surface area contributed by atoms with E-state index in [4.69, 9.17) is 0 Å². The highest BCUT2D eigenvalue weighted by Gasteiger charge is 2.08. The van der Waals surface area contributed by atoms with Crippen LogP contribution in [0.2, 0.25) is 0 Å². The van der Waals surface area contributed by atoms with Crippen molar-refractivity contribution in [3.8, 4) is 0 Å². The summed E-state index contributed by atoms with van der Waals surface area (Å²) in [6.07, 6.45) is 1.65. The first-order valence-corrected chi connectivity index (χ1v) is 8.56. The van der Waals surface area contributed by atoms with Crippen LogP contribution < -0.4 is 5.43 Å². The monoisotopic (exact) mass is 411 g/mol. The number of nitro benzene ring substituents is 1. The fraction of sp³-hybridized carbons (Fsp3) is 0.0526. The van der Waals surface area contributed by atoms with Crippen molar-refractivity contribution in [2.24, 2.45) is 5.10 Å². The van der Waals surface area contributed by atoms with Gasteiger partial charge in [-0.2, -0.15) is 5.10 Å². The van der Waals surface area contributed by atoms with E-state index in [1.54, 1.807) is 6.07 Å². The molecule has 130 valence electrons. The van der Waals surface area contributed by atoms with E-state index < -0.39 is 4.92 Å². The zero-order valence-corrected chi connectivity index (χ0v) is 15.1. The Bertz CT molecular complexity index is 1010. The third kappa shape index (κ3) is 4.12. The Hall–Kier alpha value is -3.06. The average Bonchev–Trinajstić information content (AvgIpc) is 2.63. The number of nitro groups is 1. The third-order valence-corrected chi connectivity index (χ3v) is 4.51. The Kier molecular flexibility index (Phi) is 5.38. The molecule has 0 spiro atoms. The van der Waals surface area contributed by atoms with Crippen molar-refractivity contribution in [3.05, 3.63) is 86.4 Å². The maximum absolute atomic E-state index is 12.1. The van der Waals surface area contributed by atoms with Crippen LogP contribution >= 0.6 is 15.9 Å². The standard InChI is InChI=1S/C19H14BrN3O3/c20-18-11-16(23(25)26)9-8-15(18)12-21-22-19(24)10-14-6-3-5-13-4-1-2-7-17(13)14/h1-9,11-12H,10H2,(H,22,24)/b21-12-. The Morgan fingerprint density at radius 2 is 1.92 bits per heavy atom. The lowest BCUT2D eigenvalue weighted by Gasteiger charge is -2.05. The summed E-state index contributed by atoms with van der Waals surface area (Å²) in [5, 5.41) is 16.8. The Labute approximate surface area is 157 Å². The molecule has 26 heavy (non-hydrogen) atoms. The van der Waals surface area contributed by atoms with Gasteiger partial charge >= 0.3 is 0 Å². The van der Waals surface area contributed by atoms with Gasteiger partial charge in [0.25, 0.3) is 5.69 Å². The maximum Gasteiger partial charge on any atom is 0.270 e. The van der Waals surface area contributed by atoms with E-state index in [0.717, 1.165) is 16.3 Å². The minimum Gasteiger partial charge on any atom is -0.273 e. The van der Waals surface area contributed by atoms with E-state index in [1.807, 2.05) is 42.5 Å². The van der Waals surface area contributed by atoms with Crippen LogP contribution in [-0.4, -0.2) is 17.0 Å². The number of carbonyl (C=O) groups is 1. The molecule has 0 unspecified atom stereocenters. The molecule has 3 aromatic rings. The van der Waals surface area contributed by atoms with Crippen LogP contribution in [0.4, 0.5) is 5.69 Å². The van der Waals surface area contributed by atoms with Crippen LogP contribution in [0.25, 0.3) is 10.8 Å². The summed E-state index contributed by atoms with van der Waals surface area (Å²) in [7, 11) is 0. The highest BCUT2D eigenvalue weighted by molar-refractivity contribution is 9.10. The fourth-order valence-electron chi connectivity index (χ4n) is 2.57. The van der Waals surface area contributed by atoms with Gasteiger partial charge in [0.15, 0.2) is 0 Å². The minimum atomic E-state index is -0.475. The number of fused-ring (bicyclic) bond motifs is 1. The van der Waals surface area contributed by atoms with Crippen LogP contribution in [-0.2, 0) is 11.2 Å². The number of nitrogens with zero attached hydrogens (tertiary/aromatic N) is 2. The summed E-state index contributed by atoms with van der Waals surface area (Å²) in [4.78, 5) is 22.4. The number of hydrazone groups is 1. The van der Waals surface area contributed by atoms with Crippen molar-refractivity contribution >= 4 is 44.5 Å². The molecule has 0 heterocycles. The molecule has 0 fully saturated rings. The van der Waals surface area contributed by atoms with Gasteiger partial charge in [-0.05, 0) is 38.3 Å². The number of halogens is 1. The number of carbonyl (C=O) groups excluding carboxylic acids is 1. The van der Waals surface area contributed by atoms with Crippen LogP contribution in [0.3, 0.4) is 0 Å². The highest BCUT2D eigenvalue weighted by Crippen LogP contribution is 2.22.